The summed E-state index contributed by atoms with van der Waals surface area (Å²) in [6, 6.07) is 8.83. The number of hydrogen-bond donors (Lipinski definition) is 1. The van der Waals surface area contributed by atoms with Gasteiger partial charge in [-0.25, -0.2) is 4.39 Å². The van der Waals surface area contributed by atoms with Crippen LogP contribution in [0.2, 0.25) is 0 Å². The number of rotatable bonds is 8. The number of halogens is 1. The van der Waals surface area contributed by atoms with Gasteiger partial charge in [0, 0.05) is 37.9 Å². The summed E-state index contributed by atoms with van der Waals surface area (Å²) in [7, 11) is 0. The van der Waals surface area contributed by atoms with Crippen LogP contribution in [0.5, 0.6) is 0 Å². The smallest absolute Gasteiger partial charge is 0.150 e. The third-order valence-corrected chi connectivity index (χ3v) is 4.86. The number of aromatic nitrogens is 1. The van der Waals surface area contributed by atoms with Gasteiger partial charge in [0.05, 0.1) is 12.2 Å². The molecule has 3 rings (SSSR count). The Kier molecular flexibility index (Phi) is 6.63. The van der Waals surface area contributed by atoms with Crippen LogP contribution >= 0.6 is 0 Å². The van der Waals surface area contributed by atoms with Crippen molar-refractivity contribution in [1.29, 1.82) is 0 Å². The minimum atomic E-state index is -0.175. The van der Waals surface area contributed by atoms with Gasteiger partial charge >= 0.3 is 0 Å². The highest BCUT2D eigenvalue weighted by atomic mass is 19.1. The second-order valence-electron chi connectivity index (χ2n) is 7.21. The van der Waals surface area contributed by atoms with Crippen LogP contribution in [0.4, 0.5) is 10.1 Å². The molecule has 1 aliphatic heterocycles. The quantitative estimate of drug-likeness (QED) is 0.732. The highest BCUT2D eigenvalue weighted by molar-refractivity contribution is 5.46. The molecular formula is C20H29FN4O. The molecule has 5 nitrogen and oxygen atoms in total. The molecule has 1 saturated heterocycles. The van der Waals surface area contributed by atoms with Gasteiger partial charge in [-0.05, 0) is 49.7 Å². The van der Waals surface area contributed by atoms with Crippen LogP contribution in [-0.2, 0) is 6.54 Å². The van der Waals surface area contributed by atoms with Crippen LogP contribution in [0.1, 0.15) is 37.6 Å². The monoisotopic (exact) mass is 360 g/mol. The zero-order valence-corrected chi connectivity index (χ0v) is 15.7. The Morgan fingerprint density at radius 2 is 1.88 bits per heavy atom. The molecule has 26 heavy (non-hydrogen) atoms. The average Bonchev–Trinajstić information content (AvgIpc) is 3.12. The largest absolute Gasteiger partial charge is 0.369 e. The van der Waals surface area contributed by atoms with Gasteiger partial charge in [-0.2, -0.15) is 0 Å². The summed E-state index contributed by atoms with van der Waals surface area (Å²) in [4.78, 5) is 4.82. The van der Waals surface area contributed by atoms with Gasteiger partial charge in [-0.15, -0.1) is 0 Å². The maximum Gasteiger partial charge on any atom is 0.150 e. The van der Waals surface area contributed by atoms with Crippen LogP contribution in [0, 0.1) is 5.82 Å². The summed E-state index contributed by atoms with van der Waals surface area (Å²) >= 11 is 0. The fourth-order valence-electron chi connectivity index (χ4n) is 3.21. The normalized spacial score (nSPS) is 15.8. The van der Waals surface area contributed by atoms with Crippen LogP contribution in [0.25, 0.3) is 0 Å². The third kappa shape index (κ3) is 5.29. The average molecular weight is 360 g/mol. The fraction of sp³-hybridized carbons (Fsp3) is 0.550. The summed E-state index contributed by atoms with van der Waals surface area (Å²) in [6.07, 6.45) is 1.11. The zero-order chi connectivity index (χ0) is 18.4. The van der Waals surface area contributed by atoms with Crippen molar-refractivity contribution in [2.75, 3.05) is 44.2 Å². The highest BCUT2D eigenvalue weighted by Gasteiger charge is 2.16. The predicted molar refractivity (Wildman–Crippen MR) is 102 cm³/mol. The molecule has 0 aliphatic carbocycles. The highest BCUT2D eigenvalue weighted by Crippen LogP contribution is 2.17. The predicted octanol–water partition coefficient (Wildman–Crippen LogP) is 3.24. The summed E-state index contributed by atoms with van der Waals surface area (Å²) in [5, 5.41) is 7.50. The molecule has 2 aromatic rings. The lowest BCUT2D eigenvalue weighted by Gasteiger charge is -2.36. The first kappa shape index (κ1) is 18.9. The van der Waals surface area contributed by atoms with Gasteiger partial charge in [0.25, 0.3) is 0 Å². The Balaban J connectivity index is 1.29. The van der Waals surface area contributed by atoms with Crippen molar-refractivity contribution >= 4 is 5.69 Å². The van der Waals surface area contributed by atoms with Crippen molar-refractivity contribution in [1.82, 2.24) is 15.4 Å². The van der Waals surface area contributed by atoms with E-state index >= 15 is 0 Å². The first-order valence-electron chi connectivity index (χ1n) is 9.51. The van der Waals surface area contributed by atoms with Crippen molar-refractivity contribution in [2.45, 2.75) is 32.7 Å². The second kappa shape index (κ2) is 9.14. The van der Waals surface area contributed by atoms with E-state index in [4.69, 9.17) is 4.52 Å². The fourth-order valence-corrected chi connectivity index (χ4v) is 3.21. The molecule has 1 aliphatic rings. The van der Waals surface area contributed by atoms with Gasteiger partial charge in [-0.3, -0.25) is 4.90 Å². The summed E-state index contributed by atoms with van der Waals surface area (Å²) in [5.74, 6) is 1.13. The molecule has 0 radical (unpaired) electrons. The lowest BCUT2D eigenvalue weighted by molar-refractivity contribution is 0.253. The minimum Gasteiger partial charge on any atom is -0.369 e. The van der Waals surface area contributed by atoms with E-state index in [9.17, 15) is 4.39 Å². The Morgan fingerprint density at radius 3 is 2.54 bits per heavy atom. The van der Waals surface area contributed by atoms with Crippen molar-refractivity contribution in [3.63, 3.8) is 0 Å². The summed E-state index contributed by atoms with van der Waals surface area (Å²) in [5.41, 5.74) is 2.13. The van der Waals surface area contributed by atoms with Gasteiger partial charge in [0.2, 0.25) is 0 Å². The van der Waals surface area contributed by atoms with Crippen LogP contribution in [0.3, 0.4) is 0 Å². The van der Waals surface area contributed by atoms with E-state index in [0.717, 1.165) is 69.4 Å². The summed E-state index contributed by atoms with van der Waals surface area (Å²) < 4.78 is 18.4. The van der Waals surface area contributed by atoms with Crippen molar-refractivity contribution in [2.24, 2.45) is 0 Å². The molecule has 0 unspecified atom stereocenters. The van der Waals surface area contributed by atoms with Crippen LogP contribution in [0.15, 0.2) is 34.9 Å². The SMILES string of the molecule is CC(C)c1cc(CNCCCN2CCN(c3ccc(F)cc3)CC2)on1. The Hall–Kier alpha value is -1.92. The van der Waals surface area contributed by atoms with E-state index < -0.39 is 0 Å². The Labute approximate surface area is 155 Å². The number of anilines is 1. The van der Waals surface area contributed by atoms with Gasteiger partial charge in [0.15, 0.2) is 5.76 Å². The molecule has 1 fully saturated rings. The molecule has 2 heterocycles. The molecule has 0 amide bonds. The lowest BCUT2D eigenvalue weighted by Crippen LogP contribution is -2.47. The Bertz CT molecular complexity index is 663. The molecule has 142 valence electrons. The van der Waals surface area contributed by atoms with E-state index in [1.807, 2.05) is 18.2 Å². The van der Waals surface area contributed by atoms with Gasteiger partial charge < -0.3 is 14.7 Å². The van der Waals surface area contributed by atoms with E-state index in [2.05, 4.69) is 34.1 Å². The number of nitrogens with one attached hydrogen (secondary N) is 1. The van der Waals surface area contributed by atoms with E-state index in [0.29, 0.717) is 5.92 Å². The standard InChI is InChI=1S/C20H29FN4O/c1-16(2)20-14-19(26-23-20)15-22-8-3-9-24-10-12-25(13-11-24)18-6-4-17(21)5-7-18/h4-7,14,16,22H,3,8-13,15H2,1-2H3. The van der Waals surface area contributed by atoms with E-state index in [1.54, 1.807) is 0 Å². The number of nitrogens with zero attached hydrogens (tertiary/aromatic N) is 3. The molecule has 1 N–H and O–H groups in total. The van der Waals surface area contributed by atoms with E-state index in [1.165, 1.54) is 12.1 Å². The molecule has 0 bridgehead atoms. The van der Waals surface area contributed by atoms with Gasteiger partial charge in [0.1, 0.15) is 5.82 Å². The molecule has 0 saturated carbocycles. The first-order valence-corrected chi connectivity index (χ1v) is 9.51. The maximum atomic E-state index is 13.0. The molecule has 1 aromatic carbocycles. The van der Waals surface area contributed by atoms with Gasteiger partial charge in [-0.1, -0.05) is 19.0 Å². The lowest BCUT2D eigenvalue weighted by atomic mass is 10.1. The number of piperazine rings is 1. The van der Waals surface area contributed by atoms with Crippen LogP contribution < -0.4 is 10.2 Å². The van der Waals surface area contributed by atoms with Crippen molar-refractivity contribution < 1.29 is 8.91 Å². The zero-order valence-electron chi connectivity index (χ0n) is 15.7. The van der Waals surface area contributed by atoms with Crippen molar-refractivity contribution in [3.8, 4) is 0 Å². The third-order valence-electron chi connectivity index (χ3n) is 4.86. The summed E-state index contributed by atoms with van der Waals surface area (Å²) in [6.45, 7) is 11.1. The molecule has 0 atom stereocenters. The first-order chi connectivity index (χ1) is 12.6. The maximum absolute atomic E-state index is 13.0. The minimum absolute atomic E-state index is 0.175. The Morgan fingerprint density at radius 1 is 1.15 bits per heavy atom. The molecule has 6 heteroatoms. The molecule has 0 spiro atoms. The van der Waals surface area contributed by atoms with E-state index in [-0.39, 0.29) is 5.82 Å². The molecular weight excluding hydrogens is 331 g/mol. The van der Waals surface area contributed by atoms with Crippen LogP contribution in [-0.4, -0.2) is 49.3 Å². The molecule has 1 aromatic heterocycles. The topological polar surface area (TPSA) is 44.5 Å². The van der Waals surface area contributed by atoms with Crippen molar-refractivity contribution in [3.05, 3.63) is 47.6 Å². The number of hydrogen-bond acceptors (Lipinski definition) is 5. The number of benzene rings is 1. The second-order valence-corrected chi connectivity index (χ2v) is 7.21.